The number of amides is 1. The highest BCUT2D eigenvalue weighted by Gasteiger charge is 2.40. The molecule has 1 aromatic rings. The van der Waals surface area contributed by atoms with E-state index in [-0.39, 0.29) is 11.6 Å². The highest BCUT2D eigenvalue weighted by Crippen LogP contribution is 2.47. The summed E-state index contributed by atoms with van der Waals surface area (Å²) in [5.41, 5.74) is 0.610. The molecular weight excluding hydrogens is 250 g/mol. The fraction of sp³-hybridized carbons (Fsp3) is 0.538. The van der Waals surface area contributed by atoms with Gasteiger partial charge in [-0.1, -0.05) is 18.5 Å². The van der Waals surface area contributed by atoms with Gasteiger partial charge in [0.2, 0.25) is 0 Å². The molecule has 0 bridgehead atoms. The summed E-state index contributed by atoms with van der Waals surface area (Å²) in [7, 11) is 1.76. The second-order valence-electron chi connectivity index (χ2n) is 4.81. The van der Waals surface area contributed by atoms with Gasteiger partial charge < -0.3 is 10.6 Å². The molecule has 98 valence electrons. The van der Waals surface area contributed by atoms with Crippen molar-refractivity contribution in [2.24, 2.45) is 5.41 Å². The summed E-state index contributed by atoms with van der Waals surface area (Å²) >= 11 is 6.00. The van der Waals surface area contributed by atoms with E-state index < -0.39 is 0 Å². The van der Waals surface area contributed by atoms with Crippen LogP contribution in [-0.2, 0) is 0 Å². The van der Waals surface area contributed by atoms with Gasteiger partial charge in [-0.25, -0.2) is 4.98 Å². The van der Waals surface area contributed by atoms with Crippen molar-refractivity contribution in [1.29, 1.82) is 0 Å². The molecule has 0 unspecified atom stereocenters. The van der Waals surface area contributed by atoms with Crippen molar-refractivity contribution in [1.82, 2.24) is 10.3 Å². The van der Waals surface area contributed by atoms with E-state index in [4.69, 9.17) is 11.6 Å². The monoisotopic (exact) mass is 267 g/mol. The Balaban J connectivity index is 2.04. The summed E-state index contributed by atoms with van der Waals surface area (Å²) in [5, 5.41) is 6.21. The molecule has 1 saturated carbocycles. The Kier molecular flexibility index (Phi) is 3.76. The Labute approximate surface area is 112 Å². The number of aromatic nitrogens is 1. The number of anilines is 1. The van der Waals surface area contributed by atoms with E-state index >= 15 is 0 Å². The number of hydrogen-bond acceptors (Lipinski definition) is 3. The first-order valence-corrected chi connectivity index (χ1v) is 6.60. The number of pyridine rings is 1. The van der Waals surface area contributed by atoms with Crippen molar-refractivity contribution in [2.75, 3.05) is 18.9 Å². The number of carbonyl (C=O) groups excluding carboxylic acids is 1. The third kappa shape index (κ3) is 2.75. The van der Waals surface area contributed by atoms with Gasteiger partial charge in [-0.15, -0.1) is 0 Å². The van der Waals surface area contributed by atoms with Crippen LogP contribution in [0.2, 0.25) is 5.02 Å². The first kappa shape index (κ1) is 13.1. The number of nitrogens with one attached hydrogen (secondary N) is 2. The molecule has 1 aromatic heterocycles. The SMILES string of the molecule is CCC1(CNC(=O)c2nc(NC)ccc2Cl)CC1. The molecule has 1 amide bonds. The Bertz CT molecular complexity index is 458. The second-order valence-corrected chi connectivity index (χ2v) is 5.22. The van der Waals surface area contributed by atoms with Crippen LogP contribution in [-0.4, -0.2) is 24.5 Å². The van der Waals surface area contributed by atoms with E-state index in [1.165, 1.54) is 12.8 Å². The lowest BCUT2D eigenvalue weighted by Gasteiger charge is -2.13. The normalized spacial score (nSPS) is 16.2. The largest absolute Gasteiger partial charge is 0.373 e. The van der Waals surface area contributed by atoms with Crippen LogP contribution in [0, 0.1) is 5.41 Å². The van der Waals surface area contributed by atoms with Crippen LogP contribution in [0.4, 0.5) is 5.82 Å². The third-order valence-corrected chi connectivity index (χ3v) is 3.95. The van der Waals surface area contributed by atoms with Crippen LogP contribution >= 0.6 is 11.6 Å². The average molecular weight is 268 g/mol. The van der Waals surface area contributed by atoms with Crippen molar-refractivity contribution in [3.05, 3.63) is 22.8 Å². The molecule has 2 rings (SSSR count). The first-order chi connectivity index (χ1) is 8.60. The fourth-order valence-corrected chi connectivity index (χ4v) is 2.12. The van der Waals surface area contributed by atoms with E-state index in [0.717, 1.165) is 6.42 Å². The predicted octanol–water partition coefficient (Wildman–Crippen LogP) is 2.70. The van der Waals surface area contributed by atoms with Crippen LogP contribution in [0.15, 0.2) is 12.1 Å². The van der Waals surface area contributed by atoms with Gasteiger partial charge in [-0.3, -0.25) is 4.79 Å². The standard InChI is InChI=1S/C13H18ClN3O/c1-3-13(6-7-13)8-16-12(18)11-9(14)4-5-10(15-2)17-11/h4-5H,3,6-8H2,1-2H3,(H,15,17)(H,16,18). The van der Waals surface area contributed by atoms with Crippen molar-refractivity contribution < 1.29 is 4.79 Å². The molecule has 0 spiro atoms. The Morgan fingerprint density at radius 2 is 2.22 bits per heavy atom. The van der Waals surface area contributed by atoms with Gasteiger partial charge in [-0.05, 0) is 36.8 Å². The zero-order chi connectivity index (χ0) is 13.2. The minimum atomic E-state index is -0.197. The molecule has 1 fully saturated rings. The molecule has 1 heterocycles. The molecule has 0 aliphatic heterocycles. The molecule has 0 radical (unpaired) electrons. The van der Waals surface area contributed by atoms with E-state index in [1.54, 1.807) is 19.2 Å². The van der Waals surface area contributed by atoms with Crippen molar-refractivity contribution >= 4 is 23.3 Å². The maximum absolute atomic E-state index is 12.0. The van der Waals surface area contributed by atoms with Gasteiger partial charge >= 0.3 is 0 Å². The van der Waals surface area contributed by atoms with Gasteiger partial charge in [0.15, 0.2) is 0 Å². The summed E-state index contributed by atoms with van der Waals surface area (Å²) in [6.45, 7) is 2.87. The molecule has 0 atom stereocenters. The highest BCUT2D eigenvalue weighted by molar-refractivity contribution is 6.33. The van der Waals surface area contributed by atoms with Crippen molar-refractivity contribution in [3.63, 3.8) is 0 Å². The van der Waals surface area contributed by atoms with Crippen LogP contribution in [0.25, 0.3) is 0 Å². The third-order valence-electron chi connectivity index (χ3n) is 3.65. The van der Waals surface area contributed by atoms with Crippen LogP contribution in [0.1, 0.15) is 36.7 Å². The Hall–Kier alpha value is -1.29. The Morgan fingerprint density at radius 1 is 1.50 bits per heavy atom. The molecule has 0 saturated heterocycles. The summed E-state index contributed by atoms with van der Waals surface area (Å²) in [6.07, 6.45) is 3.49. The zero-order valence-electron chi connectivity index (χ0n) is 10.7. The maximum Gasteiger partial charge on any atom is 0.271 e. The molecule has 0 aromatic carbocycles. The summed E-state index contributed by atoms with van der Waals surface area (Å²) in [4.78, 5) is 16.2. The van der Waals surface area contributed by atoms with Gasteiger partial charge in [0.05, 0.1) is 5.02 Å². The van der Waals surface area contributed by atoms with E-state index in [2.05, 4.69) is 22.5 Å². The predicted molar refractivity (Wildman–Crippen MR) is 73.1 cm³/mol. The lowest BCUT2D eigenvalue weighted by molar-refractivity contribution is 0.0939. The number of nitrogens with zero attached hydrogens (tertiary/aromatic N) is 1. The van der Waals surface area contributed by atoms with Crippen molar-refractivity contribution in [2.45, 2.75) is 26.2 Å². The van der Waals surface area contributed by atoms with Gasteiger partial charge in [0, 0.05) is 13.6 Å². The molecular formula is C13H18ClN3O. The first-order valence-electron chi connectivity index (χ1n) is 6.23. The highest BCUT2D eigenvalue weighted by atomic mass is 35.5. The topological polar surface area (TPSA) is 54.0 Å². The van der Waals surface area contributed by atoms with Crippen LogP contribution < -0.4 is 10.6 Å². The minimum Gasteiger partial charge on any atom is -0.373 e. The lowest BCUT2D eigenvalue weighted by Crippen LogP contribution is -2.30. The number of carbonyl (C=O) groups is 1. The number of halogens is 1. The molecule has 18 heavy (non-hydrogen) atoms. The van der Waals surface area contributed by atoms with E-state index in [9.17, 15) is 4.79 Å². The van der Waals surface area contributed by atoms with Crippen molar-refractivity contribution in [3.8, 4) is 0 Å². The molecule has 5 heteroatoms. The quantitative estimate of drug-likeness (QED) is 0.862. The minimum absolute atomic E-state index is 0.197. The summed E-state index contributed by atoms with van der Waals surface area (Å²) in [6, 6.07) is 3.43. The molecule has 1 aliphatic rings. The van der Waals surface area contributed by atoms with Gasteiger partial charge in [-0.2, -0.15) is 0 Å². The maximum atomic E-state index is 12.0. The molecule has 4 nitrogen and oxygen atoms in total. The number of hydrogen-bond donors (Lipinski definition) is 2. The summed E-state index contributed by atoms with van der Waals surface area (Å²) in [5.74, 6) is 0.443. The average Bonchev–Trinajstić information content (AvgIpc) is 3.17. The Morgan fingerprint density at radius 3 is 2.78 bits per heavy atom. The molecule has 1 aliphatic carbocycles. The van der Waals surface area contributed by atoms with Gasteiger partial charge in [0.1, 0.15) is 11.5 Å². The van der Waals surface area contributed by atoms with E-state index in [0.29, 0.717) is 22.8 Å². The van der Waals surface area contributed by atoms with Gasteiger partial charge in [0.25, 0.3) is 5.91 Å². The zero-order valence-corrected chi connectivity index (χ0v) is 11.5. The number of rotatable bonds is 5. The smallest absolute Gasteiger partial charge is 0.271 e. The van der Waals surface area contributed by atoms with Crippen LogP contribution in [0.3, 0.4) is 0 Å². The lowest BCUT2D eigenvalue weighted by atomic mass is 10.0. The summed E-state index contributed by atoms with van der Waals surface area (Å²) < 4.78 is 0. The second kappa shape index (κ2) is 5.14. The van der Waals surface area contributed by atoms with Crippen LogP contribution in [0.5, 0.6) is 0 Å². The van der Waals surface area contributed by atoms with E-state index in [1.807, 2.05) is 0 Å². The molecule has 2 N–H and O–H groups in total. The fourth-order valence-electron chi connectivity index (χ4n) is 1.92.